The van der Waals surface area contributed by atoms with Crippen LogP contribution in [0.25, 0.3) is 0 Å². The highest BCUT2D eigenvalue weighted by Gasteiger charge is 2.30. The Labute approximate surface area is 108 Å². The molecular formula is C12H13F2NO4. The second kappa shape index (κ2) is 5.64. The van der Waals surface area contributed by atoms with Crippen LogP contribution >= 0.6 is 0 Å². The van der Waals surface area contributed by atoms with E-state index >= 15 is 0 Å². The molecule has 5 nitrogen and oxygen atoms in total. The maximum absolute atomic E-state index is 12.2. The van der Waals surface area contributed by atoms with Gasteiger partial charge in [-0.3, -0.25) is 4.79 Å². The Morgan fingerprint density at radius 1 is 1.32 bits per heavy atom. The van der Waals surface area contributed by atoms with Crippen LogP contribution in [0.2, 0.25) is 0 Å². The molecule has 1 aromatic rings. The fraction of sp³-hybridized carbons (Fsp3) is 0.333. The number of carboxylic acids is 1. The predicted octanol–water partition coefficient (Wildman–Crippen LogP) is 1.88. The molecule has 0 bridgehead atoms. The van der Waals surface area contributed by atoms with E-state index in [9.17, 15) is 18.4 Å². The van der Waals surface area contributed by atoms with E-state index in [0.29, 0.717) is 0 Å². The van der Waals surface area contributed by atoms with Gasteiger partial charge in [-0.05, 0) is 26.0 Å². The molecule has 0 fully saturated rings. The van der Waals surface area contributed by atoms with Gasteiger partial charge in [0.25, 0.3) is 5.91 Å². The normalized spacial score (nSPS) is 11.2. The van der Waals surface area contributed by atoms with E-state index in [4.69, 9.17) is 5.11 Å². The minimum Gasteiger partial charge on any atom is -0.480 e. The molecule has 0 aromatic heterocycles. The topological polar surface area (TPSA) is 75.6 Å². The van der Waals surface area contributed by atoms with Crippen molar-refractivity contribution in [3.63, 3.8) is 0 Å². The zero-order valence-corrected chi connectivity index (χ0v) is 10.3. The highest BCUT2D eigenvalue weighted by Crippen LogP contribution is 2.20. The fourth-order valence-electron chi connectivity index (χ4n) is 1.26. The number of hydrogen-bond acceptors (Lipinski definition) is 3. The number of carbonyl (C=O) groups is 2. The van der Waals surface area contributed by atoms with E-state index in [2.05, 4.69) is 10.1 Å². The minimum absolute atomic E-state index is 0.155. The van der Waals surface area contributed by atoms with Crippen molar-refractivity contribution < 1.29 is 28.2 Å². The van der Waals surface area contributed by atoms with Crippen LogP contribution in [-0.2, 0) is 4.79 Å². The van der Waals surface area contributed by atoms with Gasteiger partial charge in [-0.2, -0.15) is 8.78 Å². The maximum atomic E-state index is 12.2. The summed E-state index contributed by atoms with van der Waals surface area (Å²) in [7, 11) is 0. The van der Waals surface area contributed by atoms with Crippen molar-refractivity contribution in [2.45, 2.75) is 26.0 Å². The lowest BCUT2D eigenvalue weighted by Gasteiger charge is -2.21. The van der Waals surface area contributed by atoms with Crippen LogP contribution in [0.4, 0.5) is 8.78 Å². The summed E-state index contributed by atoms with van der Waals surface area (Å²) in [6.07, 6.45) is 0. The molecule has 1 aromatic carbocycles. The second-order valence-electron chi connectivity index (χ2n) is 4.26. The Hall–Kier alpha value is -2.18. The lowest BCUT2D eigenvalue weighted by atomic mass is 10.0. The summed E-state index contributed by atoms with van der Waals surface area (Å²) in [5.74, 6) is -2.35. The monoisotopic (exact) mass is 273 g/mol. The van der Waals surface area contributed by atoms with Gasteiger partial charge in [0.2, 0.25) is 0 Å². The highest BCUT2D eigenvalue weighted by atomic mass is 19.3. The van der Waals surface area contributed by atoms with Crippen LogP contribution in [0.5, 0.6) is 5.75 Å². The van der Waals surface area contributed by atoms with E-state index in [-0.39, 0.29) is 11.3 Å². The summed E-state index contributed by atoms with van der Waals surface area (Å²) in [4.78, 5) is 22.8. The molecule has 0 spiro atoms. The zero-order chi connectivity index (χ0) is 14.6. The largest absolute Gasteiger partial charge is 0.480 e. The summed E-state index contributed by atoms with van der Waals surface area (Å²) in [5, 5.41) is 11.1. The first-order chi connectivity index (χ1) is 8.74. The van der Waals surface area contributed by atoms with Crippen molar-refractivity contribution in [2.75, 3.05) is 0 Å². The Morgan fingerprint density at radius 2 is 1.89 bits per heavy atom. The first kappa shape index (κ1) is 14.9. The lowest BCUT2D eigenvalue weighted by Crippen LogP contribution is -2.49. The van der Waals surface area contributed by atoms with Gasteiger partial charge in [0.05, 0.1) is 5.56 Å². The molecule has 1 rings (SSSR count). The molecule has 7 heteroatoms. The summed E-state index contributed by atoms with van der Waals surface area (Å²) in [5.41, 5.74) is -1.67. The van der Waals surface area contributed by atoms with E-state index in [1.54, 1.807) is 0 Å². The van der Waals surface area contributed by atoms with Gasteiger partial charge in [0, 0.05) is 0 Å². The summed E-state index contributed by atoms with van der Waals surface area (Å²) < 4.78 is 28.6. The van der Waals surface area contributed by atoms with Crippen LogP contribution in [0.1, 0.15) is 24.2 Å². The van der Waals surface area contributed by atoms with E-state index in [1.807, 2.05) is 0 Å². The number of para-hydroxylation sites is 1. The van der Waals surface area contributed by atoms with Crippen molar-refractivity contribution in [3.05, 3.63) is 29.8 Å². The van der Waals surface area contributed by atoms with Crippen LogP contribution in [0, 0.1) is 0 Å². The quantitative estimate of drug-likeness (QED) is 0.858. The SMILES string of the molecule is CC(C)(NC(=O)c1ccccc1OC(F)F)C(=O)O. The Balaban J connectivity index is 2.97. The van der Waals surface area contributed by atoms with E-state index in [0.717, 1.165) is 0 Å². The molecule has 0 radical (unpaired) electrons. The molecule has 104 valence electrons. The third-order valence-electron chi connectivity index (χ3n) is 2.31. The number of ether oxygens (including phenoxy) is 1. The summed E-state index contributed by atoms with van der Waals surface area (Å²) >= 11 is 0. The maximum Gasteiger partial charge on any atom is 0.387 e. The van der Waals surface area contributed by atoms with Crippen LogP contribution < -0.4 is 10.1 Å². The average Bonchev–Trinajstić information content (AvgIpc) is 2.27. The Morgan fingerprint density at radius 3 is 2.42 bits per heavy atom. The number of halogens is 2. The number of rotatable bonds is 5. The van der Waals surface area contributed by atoms with Crippen molar-refractivity contribution in [2.24, 2.45) is 0 Å². The molecule has 0 aliphatic rings. The summed E-state index contributed by atoms with van der Waals surface area (Å²) in [6.45, 7) is -0.505. The van der Waals surface area contributed by atoms with Crippen molar-refractivity contribution in [3.8, 4) is 5.75 Å². The van der Waals surface area contributed by atoms with Gasteiger partial charge in [-0.25, -0.2) is 4.79 Å². The van der Waals surface area contributed by atoms with Crippen molar-refractivity contribution >= 4 is 11.9 Å². The standard InChI is InChI=1S/C12H13F2NO4/c1-12(2,10(17)18)15-9(16)7-5-3-4-6-8(7)19-11(13)14/h3-6,11H,1-2H3,(H,15,16)(H,17,18). The number of benzene rings is 1. The molecular weight excluding hydrogens is 260 g/mol. The molecule has 0 heterocycles. The number of alkyl halides is 2. The molecule has 1 amide bonds. The van der Waals surface area contributed by atoms with Crippen molar-refractivity contribution in [1.82, 2.24) is 5.32 Å². The highest BCUT2D eigenvalue weighted by molar-refractivity contribution is 5.99. The first-order valence-corrected chi connectivity index (χ1v) is 5.34. The molecule has 0 saturated heterocycles. The van der Waals surface area contributed by atoms with Gasteiger partial charge in [0.15, 0.2) is 0 Å². The number of carbonyl (C=O) groups excluding carboxylic acids is 1. The molecule has 0 aliphatic carbocycles. The third kappa shape index (κ3) is 3.90. The lowest BCUT2D eigenvalue weighted by molar-refractivity contribution is -0.143. The molecule has 0 saturated carbocycles. The van der Waals surface area contributed by atoms with Gasteiger partial charge in [-0.15, -0.1) is 0 Å². The second-order valence-corrected chi connectivity index (χ2v) is 4.26. The van der Waals surface area contributed by atoms with Gasteiger partial charge in [-0.1, -0.05) is 12.1 Å². The van der Waals surface area contributed by atoms with Gasteiger partial charge >= 0.3 is 12.6 Å². The molecule has 0 aliphatic heterocycles. The first-order valence-electron chi connectivity index (χ1n) is 5.34. The Bertz CT molecular complexity index is 488. The van der Waals surface area contributed by atoms with Crippen LogP contribution in [0.3, 0.4) is 0 Å². The number of amides is 1. The Kier molecular flexibility index (Phi) is 4.42. The van der Waals surface area contributed by atoms with Gasteiger partial charge < -0.3 is 15.2 Å². The molecule has 0 unspecified atom stereocenters. The number of aliphatic carboxylic acids is 1. The fourth-order valence-corrected chi connectivity index (χ4v) is 1.26. The van der Waals surface area contributed by atoms with Crippen LogP contribution in [-0.4, -0.2) is 29.1 Å². The molecule has 19 heavy (non-hydrogen) atoms. The smallest absolute Gasteiger partial charge is 0.387 e. The average molecular weight is 273 g/mol. The van der Waals surface area contributed by atoms with Crippen molar-refractivity contribution in [1.29, 1.82) is 0 Å². The summed E-state index contributed by atoms with van der Waals surface area (Å²) in [6, 6.07) is 5.36. The number of nitrogens with one attached hydrogen (secondary N) is 1. The number of hydrogen-bond donors (Lipinski definition) is 2. The molecule has 2 N–H and O–H groups in total. The van der Waals surface area contributed by atoms with E-state index < -0.39 is 24.0 Å². The van der Waals surface area contributed by atoms with E-state index in [1.165, 1.54) is 38.1 Å². The minimum atomic E-state index is -3.07. The van der Waals surface area contributed by atoms with Crippen LogP contribution in [0.15, 0.2) is 24.3 Å². The zero-order valence-electron chi connectivity index (χ0n) is 10.3. The number of carboxylic acid groups (broad SMARTS) is 1. The predicted molar refractivity (Wildman–Crippen MR) is 62.3 cm³/mol. The molecule has 0 atom stereocenters. The third-order valence-corrected chi connectivity index (χ3v) is 2.31. The van der Waals surface area contributed by atoms with Gasteiger partial charge in [0.1, 0.15) is 11.3 Å².